The predicted octanol–water partition coefficient (Wildman–Crippen LogP) is 1.13. The maximum absolute atomic E-state index is 11.8. The SMILES string of the molecule is NCCCN(Cc1ccccc1)c1ncc[nH]c1=O. The van der Waals surface area contributed by atoms with Crippen LogP contribution in [0.1, 0.15) is 12.0 Å². The Morgan fingerprint density at radius 1 is 1.26 bits per heavy atom. The van der Waals surface area contributed by atoms with Crippen molar-refractivity contribution in [3.63, 3.8) is 0 Å². The summed E-state index contributed by atoms with van der Waals surface area (Å²) in [5.41, 5.74) is 6.53. The van der Waals surface area contributed by atoms with Gasteiger partial charge in [-0.05, 0) is 18.5 Å². The normalized spacial score (nSPS) is 10.4. The molecule has 5 nitrogen and oxygen atoms in total. The van der Waals surface area contributed by atoms with Gasteiger partial charge in [-0.3, -0.25) is 4.79 Å². The lowest BCUT2D eigenvalue weighted by atomic mass is 10.2. The molecule has 0 spiro atoms. The lowest BCUT2D eigenvalue weighted by molar-refractivity contribution is 0.720. The molecule has 3 N–H and O–H groups in total. The molecule has 0 bridgehead atoms. The third-order valence-corrected chi connectivity index (χ3v) is 2.84. The Kier molecular flexibility index (Phi) is 4.69. The van der Waals surface area contributed by atoms with E-state index in [4.69, 9.17) is 5.73 Å². The van der Waals surface area contributed by atoms with E-state index in [9.17, 15) is 4.79 Å². The van der Waals surface area contributed by atoms with E-state index in [1.165, 1.54) is 6.20 Å². The van der Waals surface area contributed by atoms with Crippen LogP contribution in [0, 0.1) is 0 Å². The van der Waals surface area contributed by atoms with E-state index < -0.39 is 0 Å². The van der Waals surface area contributed by atoms with Crippen LogP contribution in [-0.4, -0.2) is 23.1 Å². The van der Waals surface area contributed by atoms with Gasteiger partial charge in [-0.1, -0.05) is 30.3 Å². The van der Waals surface area contributed by atoms with Gasteiger partial charge in [-0.15, -0.1) is 0 Å². The van der Waals surface area contributed by atoms with Crippen molar-refractivity contribution >= 4 is 5.82 Å². The van der Waals surface area contributed by atoms with Gasteiger partial charge in [0.25, 0.3) is 5.56 Å². The van der Waals surface area contributed by atoms with Gasteiger partial charge in [0.15, 0.2) is 5.82 Å². The lowest BCUT2D eigenvalue weighted by Gasteiger charge is -2.22. The van der Waals surface area contributed by atoms with Crippen molar-refractivity contribution in [2.24, 2.45) is 5.73 Å². The number of rotatable bonds is 6. The first kappa shape index (κ1) is 13.3. The second kappa shape index (κ2) is 6.70. The van der Waals surface area contributed by atoms with Crippen molar-refractivity contribution < 1.29 is 0 Å². The highest BCUT2D eigenvalue weighted by molar-refractivity contribution is 5.36. The summed E-state index contributed by atoms with van der Waals surface area (Å²) >= 11 is 0. The summed E-state index contributed by atoms with van der Waals surface area (Å²) in [6.45, 7) is 1.96. The molecular weight excluding hydrogens is 240 g/mol. The van der Waals surface area contributed by atoms with Crippen molar-refractivity contribution in [2.45, 2.75) is 13.0 Å². The second-order valence-electron chi connectivity index (χ2n) is 4.29. The van der Waals surface area contributed by atoms with Gasteiger partial charge in [-0.25, -0.2) is 4.98 Å². The minimum absolute atomic E-state index is 0.171. The van der Waals surface area contributed by atoms with Gasteiger partial charge < -0.3 is 15.6 Å². The van der Waals surface area contributed by atoms with Crippen LogP contribution >= 0.6 is 0 Å². The molecule has 2 aromatic rings. The van der Waals surface area contributed by atoms with Crippen LogP contribution in [-0.2, 0) is 6.54 Å². The first-order chi connectivity index (χ1) is 9.31. The van der Waals surface area contributed by atoms with E-state index in [0.29, 0.717) is 25.5 Å². The molecular formula is C14H18N4O. The average Bonchev–Trinajstić information content (AvgIpc) is 2.45. The van der Waals surface area contributed by atoms with E-state index >= 15 is 0 Å². The van der Waals surface area contributed by atoms with Crippen LogP contribution in [0.5, 0.6) is 0 Å². The van der Waals surface area contributed by atoms with Crippen LogP contribution in [0.25, 0.3) is 0 Å². The van der Waals surface area contributed by atoms with Crippen molar-refractivity contribution in [3.8, 4) is 0 Å². The van der Waals surface area contributed by atoms with E-state index in [-0.39, 0.29) is 5.56 Å². The van der Waals surface area contributed by atoms with E-state index in [0.717, 1.165) is 12.0 Å². The van der Waals surface area contributed by atoms with Gasteiger partial charge >= 0.3 is 0 Å². The summed E-state index contributed by atoms with van der Waals surface area (Å²) in [5.74, 6) is 0.444. The Morgan fingerprint density at radius 2 is 2.05 bits per heavy atom. The van der Waals surface area contributed by atoms with Crippen molar-refractivity contribution in [1.82, 2.24) is 9.97 Å². The minimum atomic E-state index is -0.171. The molecule has 0 unspecified atom stereocenters. The minimum Gasteiger partial charge on any atom is -0.348 e. The van der Waals surface area contributed by atoms with Crippen LogP contribution in [0.15, 0.2) is 47.5 Å². The molecule has 100 valence electrons. The smallest absolute Gasteiger partial charge is 0.290 e. The van der Waals surface area contributed by atoms with Gasteiger partial charge in [-0.2, -0.15) is 0 Å². The van der Waals surface area contributed by atoms with Crippen molar-refractivity contribution in [2.75, 3.05) is 18.0 Å². The summed E-state index contributed by atoms with van der Waals surface area (Å²) in [4.78, 5) is 20.6. The summed E-state index contributed by atoms with van der Waals surface area (Å²) in [6, 6.07) is 10.0. The van der Waals surface area contributed by atoms with Crippen LogP contribution in [0.2, 0.25) is 0 Å². The summed E-state index contributed by atoms with van der Waals surface area (Å²) in [6.07, 6.45) is 3.95. The van der Waals surface area contributed by atoms with E-state index in [2.05, 4.69) is 9.97 Å². The molecule has 0 aliphatic rings. The van der Waals surface area contributed by atoms with Gasteiger partial charge in [0.1, 0.15) is 0 Å². The molecule has 0 amide bonds. The van der Waals surface area contributed by atoms with Gasteiger partial charge in [0.2, 0.25) is 0 Å². The monoisotopic (exact) mass is 258 g/mol. The number of anilines is 1. The molecule has 0 aliphatic carbocycles. The van der Waals surface area contributed by atoms with E-state index in [1.807, 2.05) is 35.2 Å². The first-order valence-corrected chi connectivity index (χ1v) is 6.34. The topological polar surface area (TPSA) is 75.0 Å². The molecule has 0 radical (unpaired) electrons. The number of aromatic amines is 1. The molecule has 5 heteroatoms. The Labute approximate surface area is 112 Å². The number of nitrogens with one attached hydrogen (secondary N) is 1. The quantitative estimate of drug-likeness (QED) is 0.814. The highest BCUT2D eigenvalue weighted by Gasteiger charge is 2.11. The molecule has 0 atom stereocenters. The summed E-state index contributed by atoms with van der Waals surface area (Å²) < 4.78 is 0. The van der Waals surface area contributed by atoms with Crippen LogP contribution in [0.4, 0.5) is 5.82 Å². The fraction of sp³-hybridized carbons (Fsp3) is 0.286. The number of nitrogens with two attached hydrogens (primary N) is 1. The number of aromatic nitrogens is 2. The number of nitrogens with zero attached hydrogens (tertiary/aromatic N) is 2. The molecule has 0 fully saturated rings. The third kappa shape index (κ3) is 3.66. The number of hydrogen-bond acceptors (Lipinski definition) is 4. The molecule has 1 heterocycles. The number of H-pyrrole nitrogens is 1. The lowest BCUT2D eigenvalue weighted by Crippen LogP contribution is -2.31. The van der Waals surface area contributed by atoms with Gasteiger partial charge in [0, 0.05) is 25.5 Å². The zero-order valence-corrected chi connectivity index (χ0v) is 10.7. The standard InChI is InChI=1S/C14H18N4O/c15-7-4-10-18(11-12-5-2-1-3-6-12)13-14(19)17-9-8-16-13/h1-3,5-6,8-9H,4,7,10-11,15H2,(H,17,19). The number of hydrogen-bond donors (Lipinski definition) is 2. The fourth-order valence-corrected chi connectivity index (χ4v) is 1.92. The molecule has 1 aromatic heterocycles. The van der Waals surface area contributed by atoms with Crippen LogP contribution < -0.4 is 16.2 Å². The Bertz CT molecular complexity index is 553. The van der Waals surface area contributed by atoms with E-state index in [1.54, 1.807) is 6.20 Å². The molecule has 0 saturated heterocycles. The summed E-state index contributed by atoms with van der Waals surface area (Å²) in [7, 11) is 0. The third-order valence-electron chi connectivity index (χ3n) is 2.84. The highest BCUT2D eigenvalue weighted by Crippen LogP contribution is 2.10. The number of benzene rings is 1. The maximum atomic E-state index is 11.8. The zero-order valence-electron chi connectivity index (χ0n) is 10.7. The average molecular weight is 258 g/mol. The Morgan fingerprint density at radius 3 is 2.74 bits per heavy atom. The molecule has 0 saturated carbocycles. The predicted molar refractivity (Wildman–Crippen MR) is 76.0 cm³/mol. The highest BCUT2D eigenvalue weighted by atomic mass is 16.1. The zero-order chi connectivity index (χ0) is 13.5. The largest absolute Gasteiger partial charge is 0.348 e. The fourth-order valence-electron chi connectivity index (χ4n) is 1.92. The maximum Gasteiger partial charge on any atom is 0.290 e. The summed E-state index contributed by atoms with van der Waals surface area (Å²) in [5, 5.41) is 0. The van der Waals surface area contributed by atoms with Crippen molar-refractivity contribution in [3.05, 3.63) is 58.6 Å². The van der Waals surface area contributed by atoms with Crippen molar-refractivity contribution in [1.29, 1.82) is 0 Å². The molecule has 0 aliphatic heterocycles. The molecule has 2 rings (SSSR count). The molecule has 19 heavy (non-hydrogen) atoms. The van der Waals surface area contributed by atoms with Gasteiger partial charge in [0.05, 0.1) is 0 Å². The molecule has 1 aromatic carbocycles. The Hall–Kier alpha value is -2.14. The first-order valence-electron chi connectivity index (χ1n) is 6.34. The van der Waals surface area contributed by atoms with Crippen LogP contribution in [0.3, 0.4) is 0 Å². The Balaban J connectivity index is 2.21. The second-order valence-corrected chi connectivity index (χ2v) is 4.29.